The molecule has 0 spiro atoms. The first-order valence-corrected chi connectivity index (χ1v) is 7.69. The highest BCUT2D eigenvalue weighted by Gasteiger charge is 2.17. The Balaban J connectivity index is 2.60. The van der Waals surface area contributed by atoms with E-state index in [0.717, 1.165) is 18.5 Å². The fourth-order valence-corrected chi connectivity index (χ4v) is 2.09. The number of hydrogen-bond donors (Lipinski definition) is 2. The highest BCUT2D eigenvalue weighted by molar-refractivity contribution is 6.40. The van der Waals surface area contributed by atoms with Crippen molar-refractivity contribution in [2.45, 2.75) is 39.7 Å². The number of hydrogen-bond acceptors (Lipinski definition) is 3. The molecular weight excluding hydrogens is 278 g/mol. The van der Waals surface area contributed by atoms with E-state index in [2.05, 4.69) is 24.5 Å². The third-order valence-corrected chi connectivity index (χ3v) is 3.39. The molecule has 1 aromatic carbocycles. The van der Waals surface area contributed by atoms with Crippen molar-refractivity contribution in [2.75, 3.05) is 24.3 Å². The van der Waals surface area contributed by atoms with Crippen LogP contribution in [0.5, 0.6) is 0 Å². The first kappa shape index (κ1) is 18.0. The molecule has 0 aromatic heterocycles. The fourth-order valence-electron chi connectivity index (χ4n) is 2.09. The van der Waals surface area contributed by atoms with Crippen LogP contribution in [0.25, 0.3) is 0 Å². The van der Waals surface area contributed by atoms with Crippen molar-refractivity contribution < 1.29 is 9.59 Å². The summed E-state index contributed by atoms with van der Waals surface area (Å²) in [5.41, 5.74) is 1.49. The number of amides is 2. The van der Waals surface area contributed by atoms with Crippen LogP contribution in [0.4, 0.5) is 11.4 Å². The van der Waals surface area contributed by atoms with Crippen molar-refractivity contribution in [2.24, 2.45) is 5.92 Å². The van der Waals surface area contributed by atoms with Gasteiger partial charge in [0.25, 0.3) is 0 Å². The van der Waals surface area contributed by atoms with Gasteiger partial charge in [0, 0.05) is 20.1 Å². The molecule has 0 aliphatic heterocycles. The molecule has 0 heterocycles. The highest BCUT2D eigenvalue weighted by Crippen LogP contribution is 2.23. The van der Waals surface area contributed by atoms with Crippen molar-refractivity contribution in [1.82, 2.24) is 5.32 Å². The van der Waals surface area contributed by atoms with Gasteiger partial charge in [0.1, 0.15) is 0 Å². The van der Waals surface area contributed by atoms with Crippen LogP contribution in [-0.2, 0) is 9.59 Å². The van der Waals surface area contributed by atoms with E-state index >= 15 is 0 Å². The van der Waals surface area contributed by atoms with Gasteiger partial charge in [-0.05, 0) is 37.8 Å². The van der Waals surface area contributed by atoms with Crippen molar-refractivity contribution in [3.8, 4) is 0 Å². The van der Waals surface area contributed by atoms with E-state index in [1.807, 2.05) is 44.1 Å². The molecule has 5 heteroatoms. The van der Waals surface area contributed by atoms with Crippen molar-refractivity contribution in [3.63, 3.8) is 0 Å². The van der Waals surface area contributed by atoms with Crippen LogP contribution in [0.3, 0.4) is 0 Å². The minimum Gasteiger partial charge on any atom is -0.376 e. The molecule has 0 bridgehead atoms. The van der Waals surface area contributed by atoms with Gasteiger partial charge in [-0.15, -0.1) is 0 Å². The van der Waals surface area contributed by atoms with Gasteiger partial charge in [0.15, 0.2) is 0 Å². The van der Waals surface area contributed by atoms with Crippen molar-refractivity contribution in [3.05, 3.63) is 24.3 Å². The molecule has 0 aliphatic carbocycles. The third kappa shape index (κ3) is 5.76. The Labute approximate surface area is 133 Å². The summed E-state index contributed by atoms with van der Waals surface area (Å²) in [5.74, 6) is -0.643. The average Bonchev–Trinajstić information content (AvgIpc) is 2.45. The van der Waals surface area contributed by atoms with Crippen LogP contribution >= 0.6 is 0 Å². The number of para-hydroxylation sites is 2. The molecule has 1 rings (SSSR count). The van der Waals surface area contributed by atoms with E-state index in [1.165, 1.54) is 0 Å². The maximum absolute atomic E-state index is 12.0. The van der Waals surface area contributed by atoms with Gasteiger partial charge in [-0.1, -0.05) is 26.0 Å². The Morgan fingerprint density at radius 2 is 1.68 bits per heavy atom. The summed E-state index contributed by atoms with van der Waals surface area (Å²) in [4.78, 5) is 25.9. The Bertz CT molecular complexity index is 512. The zero-order valence-electron chi connectivity index (χ0n) is 14.1. The maximum Gasteiger partial charge on any atom is 0.313 e. The first-order chi connectivity index (χ1) is 10.3. The van der Waals surface area contributed by atoms with E-state index in [1.54, 1.807) is 6.07 Å². The van der Waals surface area contributed by atoms with Gasteiger partial charge in [-0.2, -0.15) is 0 Å². The zero-order chi connectivity index (χ0) is 16.7. The van der Waals surface area contributed by atoms with E-state index < -0.39 is 11.8 Å². The summed E-state index contributed by atoms with van der Waals surface area (Å²) < 4.78 is 0. The van der Waals surface area contributed by atoms with Crippen molar-refractivity contribution >= 4 is 23.2 Å². The molecule has 0 saturated heterocycles. The molecule has 0 fully saturated rings. The second kappa shape index (κ2) is 8.41. The molecular formula is C17H27N3O2. The third-order valence-electron chi connectivity index (χ3n) is 3.39. The van der Waals surface area contributed by atoms with Crippen LogP contribution in [0.1, 0.15) is 33.6 Å². The predicted octanol–water partition coefficient (Wildman–Crippen LogP) is 2.63. The minimum absolute atomic E-state index is 0.00950. The smallest absolute Gasteiger partial charge is 0.313 e. The molecule has 1 unspecified atom stereocenters. The quantitative estimate of drug-likeness (QED) is 0.794. The molecule has 122 valence electrons. The minimum atomic E-state index is -0.634. The summed E-state index contributed by atoms with van der Waals surface area (Å²) in [6.07, 6.45) is 1.89. The summed E-state index contributed by atoms with van der Waals surface area (Å²) in [6, 6.07) is 7.37. The van der Waals surface area contributed by atoms with Gasteiger partial charge in [0.05, 0.1) is 11.4 Å². The lowest BCUT2D eigenvalue weighted by Gasteiger charge is -2.18. The molecule has 0 aliphatic rings. The number of rotatable bonds is 6. The Morgan fingerprint density at radius 1 is 1.05 bits per heavy atom. The van der Waals surface area contributed by atoms with Gasteiger partial charge in [-0.25, -0.2) is 0 Å². The lowest BCUT2D eigenvalue weighted by Crippen LogP contribution is -2.40. The number of carbonyl (C=O) groups is 2. The van der Waals surface area contributed by atoms with E-state index in [4.69, 9.17) is 0 Å². The molecule has 2 N–H and O–H groups in total. The van der Waals surface area contributed by atoms with Crippen LogP contribution in [0.15, 0.2) is 24.3 Å². The Kier molecular flexibility index (Phi) is 6.89. The molecule has 5 nitrogen and oxygen atoms in total. The largest absolute Gasteiger partial charge is 0.376 e. The average molecular weight is 305 g/mol. The SMILES string of the molecule is CC(C)CCC(C)NC(=O)C(=O)Nc1ccccc1N(C)C. The topological polar surface area (TPSA) is 61.4 Å². The van der Waals surface area contributed by atoms with Gasteiger partial charge < -0.3 is 15.5 Å². The molecule has 0 saturated carbocycles. The molecule has 1 aromatic rings. The lowest BCUT2D eigenvalue weighted by atomic mass is 10.0. The Hall–Kier alpha value is -2.04. The number of nitrogens with one attached hydrogen (secondary N) is 2. The molecule has 2 amide bonds. The lowest BCUT2D eigenvalue weighted by molar-refractivity contribution is -0.136. The van der Waals surface area contributed by atoms with Gasteiger partial charge in [-0.3, -0.25) is 9.59 Å². The van der Waals surface area contributed by atoms with Crippen LogP contribution in [-0.4, -0.2) is 32.0 Å². The normalized spacial score (nSPS) is 11.9. The summed E-state index contributed by atoms with van der Waals surface area (Å²) in [7, 11) is 3.78. The summed E-state index contributed by atoms with van der Waals surface area (Å²) >= 11 is 0. The number of anilines is 2. The number of carbonyl (C=O) groups excluding carboxylic acids is 2. The van der Waals surface area contributed by atoms with E-state index in [0.29, 0.717) is 11.6 Å². The van der Waals surface area contributed by atoms with E-state index in [-0.39, 0.29) is 6.04 Å². The molecule has 1 atom stereocenters. The number of benzene rings is 1. The number of nitrogens with zero attached hydrogens (tertiary/aromatic N) is 1. The fraction of sp³-hybridized carbons (Fsp3) is 0.529. The first-order valence-electron chi connectivity index (χ1n) is 7.69. The highest BCUT2D eigenvalue weighted by atomic mass is 16.2. The standard InChI is InChI=1S/C17H27N3O2/c1-12(2)10-11-13(3)18-16(21)17(22)19-14-8-6-7-9-15(14)20(4)5/h6-9,12-13H,10-11H2,1-5H3,(H,18,21)(H,19,22). The van der Waals surface area contributed by atoms with Gasteiger partial charge in [0.2, 0.25) is 0 Å². The summed E-state index contributed by atoms with van der Waals surface area (Å²) in [6.45, 7) is 6.19. The zero-order valence-corrected chi connectivity index (χ0v) is 14.1. The van der Waals surface area contributed by atoms with E-state index in [9.17, 15) is 9.59 Å². The Morgan fingerprint density at radius 3 is 2.27 bits per heavy atom. The maximum atomic E-state index is 12.0. The predicted molar refractivity (Wildman–Crippen MR) is 91.1 cm³/mol. The second-order valence-corrected chi connectivity index (χ2v) is 6.21. The van der Waals surface area contributed by atoms with Gasteiger partial charge >= 0.3 is 11.8 Å². The van der Waals surface area contributed by atoms with Crippen molar-refractivity contribution in [1.29, 1.82) is 0 Å². The molecule has 22 heavy (non-hydrogen) atoms. The summed E-state index contributed by atoms with van der Waals surface area (Å²) in [5, 5.41) is 5.41. The van der Waals surface area contributed by atoms with Crippen LogP contribution in [0, 0.1) is 5.92 Å². The monoisotopic (exact) mass is 305 g/mol. The van der Waals surface area contributed by atoms with Crippen LogP contribution in [0.2, 0.25) is 0 Å². The molecule has 0 radical (unpaired) electrons. The second-order valence-electron chi connectivity index (χ2n) is 6.21. The van der Waals surface area contributed by atoms with Crippen LogP contribution < -0.4 is 15.5 Å².